The van der Waals surface area contributed by atoms with Crippen LogP contribution in [0.5, 0.6) is 5.75 Å². The van der Waals surface area contributed by atoms with Gasteiger partial charge in [0.2, 0.25) is 0 Å². The largest absolute Gasteiger partial charge is 0.507 e. The molecule has 4 aromatic carbocycles. The van der Waals surface area contributed by atoms with Gasteiger partial charge in [-0.1, -0.05) is 81.4 Å². The lowest BCUT2D eigenvalue weighted by molar-refractivity contribution is -0.132. The molecular formula is C33H31NO4. The zero-order valence-corrected chi connectivity index (χ0v) is 22.3. The van der Waals surface area contributed by atoms with E-state index in [1.165, 1.54) is 4.90 Å². The van der Waals surface area contributed by atoms with Gasteiger partial charge in [0.15, 0.2) is 0 Å². The van der Waals surface area contributed by atoms with E-state index in [1.807, 2.05) is 67.6 Å². The van der Waals surface area contributed by atoms with Crippen molar-refractivity contribution in [1.29, 1.82) is 0 Å². The lowest BCUT2D eigenvalue weighted by Gasteiger charge is -2.27. The van der Waals surface area contributed by atoms with Crippen LogP contribution in [-0.2, 0) is 15.0 Å². The van der Waals surface area contributed by atoms with Gasteiger partial charge in [0, 0.05) is 17.3 Å². The highest BCUT2D eigenvalue weighted by atomic mass is 16.5. The lowest BCUT2D eigenvalue weighted by atomic mass is 9.84. The van der Waals surface area contributed by atoms with Crippen LogP contribution in [0.4, 0.5) is 5.69 Å². The zero-order valence-electron chi connectivity index (χ0n) is 22.3. The molecule has 5 rings (SSSR count). The second-order valence-corrected chi connectivity index (χ2v) is 10.7. The van der Waals surface area contributed by atoms with Gasteiger partial charge in [0.05, 0.1) is 18.7 Å². The topological polar surface area (TPSA) is 66.8 Å². The molecule has 0 radical (unpaired) electrons. The van der Waals surface area contributed by atoms with Crippen molar-refractivity contribution in [2.24, 2.45) is 0 Å². The van der Waals surface area contributed by atoms with E-state index in [9.17, 15) is 14.7 Å². The maximum atomic E-state index is 13.7. The molecule has 1 aliphatic rings. The standard InChI is InChI=1S/C33H31NO4/c1-20-16-17-22(33(2,3)4)18-27(20)30(35)28-29(26-15-8-11-21-10-6-7-14-25(21)26)34(32(37)31(28)36)23-12-9-13-24(19-23)38-5/h6-19,29,35H,1-5H3/b30-28+. The molecule has 1 saturated heterocycles. The molecule has 1 aliphatic heterocycles. The van der Waals surface area contributed by atoms with Crippen LogP contribution in [0.1, 0.15) is 49.1 Å². The summed E-state index contributed by atoms with van der Waals surface area (Å²) < 4.78 is 5.41. The van der Waals surface area contributed by atoms with E-state index in [-0.39, 0.29) is 16.7 Å². The fourth-order valence-electron chi connectivity index (χ4n) is 5.13. The van der Waals surface area contributed by atoms with E-state index in [0.717, 1.165) is 27.5 Å². The Balaban J connectivity index is 1.82. The Bertz CT molecular complexity index is 1600. The Morgan fingerprint density at radius 3 is 2.34 bits per heavy atom. The van der Waals surface area contributed by atoms with Gasteiger partial charge in [-0.15, -0.1) is 0 Å². The van der Waals surface area contributed by atoms with Crippen LogP contribution in [0.2, 0.25) is 0 Å². The zero-order chi connectivity index (χ0) is 27.2. The molecule has 0 aliphatic carbocycles. The average molecular weight is 506 g/mol. The number of fused-ring (bicyclic) bond motifs is 1. The fourth-order valence-corrected chi connectivity index (χ4v) is 5.13. The number of aliphatic hydroxyl groups is 1. The summed E-state index contributed by atoms with van der Waals surface area (Å²) in [5, 5.41) is 13.7. The number of carbonyl (C=O) groups excluding carboxylic acids is 2. The highest BCUT2D eigenvalue weighted by Gasteiger charge is 2.47. The van der Waals surface area contributed by atoms with Crippen LogP contribution >= 0.6 is 0 Å². The Morgan fingerprint density at radius 2 is 1.61 bits per heavy atom. The summed E-state index contributed by atoms with van der Waals surface area (Å²) >= 11 is 0. The summed E-state index contributed by atoms with van der Waals surface area (Å²) in [5.41, 5.74) is 3.58. The Morgan fingerprint density at radius 1 is 0.895 bits per heavy atom. The number of Topliss-reactive ketones (excluding diaryl/α,β-unsaturated/α-hetero) is 1. The van der Waals surface area contributed by atoms with Gasteiger partial charge in [0.1, 0.15) is 11.5 Å². The van der Waals surface area contributed by atoms with Crippen LogP contribution in [-0.4, -0.2) is 23.9 Å². The third-order valence-corrected chi connectivity index (χ3v) is 7.25. The van der Waals surface area contributed by atoms with Gasteiger partial charge in [-0.25, -0.2) is 0 Å². The first-order chi connectivity index (χ1) is 18.1. The summed E-state index contributed by atoms with van der Waals surface area (Å²) in [7, 11) is 1.56. The van der Waals surface area contributed by atoms with E-state index in [4.69, 9.17) is 4.74 Å². The van der Waals surface area contributed by atoms with Crippen molar-refractivity contribution in [1.82, 2.24) is 0 Å². The quantitative estimate of drug-likeness (QED) is 0.183. The van der Waals surface area contributed by atoms with Gasteiger partial charge >= 0.3 is 0 Å². The Kier molecular flexibility index (Phi) is 6.31. The second kappa shape index (κ2) is 9.49. The summed E-state index contributed by atoms with van der Waals surface area (Å²) in [5.74, 6) is -1.02. The van der Waals surface area contributed by atoms with E-state index < -0.39 is 17.7 Å². The lowest BCUT2D eigenvalue weighted by Crippen LogP contribution is -2.29. The highest BCUT2D eigenvalue weighted by Crippen LogP contribution is 2.45. The van der Waals surface area contributed by atoms with Crippen molar-refractivity contribution < 1.29 is 19.4 Å². The molecule has 1 unspecified atom stereocenters. The predicted octanol–water partition coefficient (Wildman–Crippen LogP) is 7.08. The van der Waals surface area contributed by atoms with Crippen molar-refractivity contribution in [2.75, 3.05) is 12.0 Å². The minimum atomic E-state index is -0.828. The summed E-state index contributed by atoms with van der Waals surface area (Å²) in [6.07, 6.45) is 0. The maximum absolute atomic E-state index is 13.7. The molecule has 1 heterocycles. The SMILES string of the molecule is COc1cccc(N2C(=O)C(=O)/C(=C(/O)c3cc(C(C)(C)C)ccc3C)C2c2cccc3ccccc23)c1. The number of amides is 1. The van der Waals surface area contributed by atoms with E-state index in [0.29, 0.717) is 17.0 Å². The number of anilines is 1. The minimum absolute atomic E-state index is 0.0725. The third kappa shape index (κ3) is 4.24. The monoisotopic (exact) mass is 505 g/mol. The van der Waals surface area contributed by atoms with Gasteiger partial charge in [0.25, 0.3) is 11.7 Å². The number of methoxy groups -OCH3 is 1. The van der Waals surface area contributed by atoms with E-state index >= 15 is 0 Å². The third-order valence-electron chi connectivity index (χ3n) is 7.25. The number of hydrogen-bond acceptors (Lipinski definition) is 4. The molecule has 5 nitrogen and oxygen atoms in total. The highest BCUT2D eigenvalue weighted by molar-refractivity contribution is 6.52. The number of aryl methyl sites for hydroxylation is 1. The summed E-state index contributed by atoms with van der Waals surface area (Å²) in [6, 6.07) is 25.8. The molecule has 0 bridgehead atoms. The normalized spacial score (nSPS) is 17.3. The molecule has 1 amide bonds. The van der Waals surface area contributed by atoms with Crippen molar-refractivity contribution in [3.05, 3.63) is 113 Å². The van der Waals surface area contributed by atoms with Gasteiger partial charge in [-0.2, -0.15) is 0 Å². The van der Waals surface area contributed by atoms with Crippen molar-refractivity contribution in [2.45, 2.75) is 39.2 Å². The molecule has 5 heteroatoms. The molecule has 1 atom stereocenters. The van der Waals surface area contributed by atoms with E-state index in [2.05, 4.69) is 20.8 Å². The molecule has 4 aromatic rings. The van der Waals surface area contributed by atoms with Gasteiger partial charge < -0.3 is 9.84 Å². The Hall–Kier alpha value is -4.38. The summed E-state index contributed by atoms with van der Waals surface area (Å²) in [6.45, 7) is 8.19. The van der Waals surface area contributed by atoms with Crippen molar-refractivity contribution in [3.63, 3.8) is 0 Å². The fraction of sp³-hybridized carbons (Fsp3) is 0.212. The molecule has 1 N–H and O–H groups in total. The predicted molar refractivity (Wildman–Crippen MR) is 152 cm³/mol. The van der Waals surface area contributed by atoms with Crippen LogP contribution in [0.25, 0.3) is 16.5 Å². The van der Waals surface area contributed by atoms with Crippen molar-refractivity contribution >= 4 is 33.9 Å². The van der Waals surface area contributed by atoms with Gasteiger partial charge in [-0.3, -0.25) is 14.5 Å². The minimum Gasteiger partial charge on any atom is -0.507 e. The van der Waals surface area contributed by atoms with Crippen LogP contribution in [0, 0.1) is 6.92 Å². The number of rotatable bonds is 4. The van der Waals surface area contributed by atoms with Gasteiger partial charge in [-0.05, 0) is 58.0 Å². The maximum Gasteiger partial charge on any atom is 0.300 e. The Labute approximate surface area is 223 Å². The number of aliphatic hydroxyl groups excluding tert-OH is 1. The molecule has 38 heavy (non-hydrogen) atoms. The average Bonchev–Trinajstić information content (AvgIpc) is 3.17. The first-order valence-corrected chi connectivity index (χ1v) is 12.7. The van der Waals surface area contributed by atoms with E-state index in [1.54, 1.807) is 31.4 Å². The van der Waals surface area contributed by atoms with Crippen LogP contribution in [0.15, 0.2) is 90.5 Å². The number of hydrogen-bond donors (Lipinski definition) is 1. The molecule has 192 valence electrons. The molecule has 0 saturated carbocycles. The number of benzene rings is 4. The summed E-state index contributed by atoms with van der Waals surface area (Å²) in [4.78, 5) is 28.9. The first-order valence-electron chi connectivity index (χ1n) is 12.7. The molecule has 1 fully saturated rings. The molecule has 0 aromatic heterocycles. The number of carbonyl (C=O) groups is 2. The number of ether oxygens (including phenoxy) is 1. The second-order valence-electron chi connectivity index (χ2n) is 10.7. The van der Waals surface area contributed by atoms with Crippen LogP contribution in [0.3, 0.4) is 0 Å². The van der Waals surface area contributed by atoms with Crippen molar-refractivity contribution in [3.8, 4) is 5.75 Å². The number of nitrogens with zero attached hydrogens (tertiary/aromatic N) is 1. The van der Waals surface area contributed by atoms with Crippen LogP contribution < -0.4 is 9.64 Å². The number of ketones is 1. The molecule has 0 spiro atoms. The molecular weight excluding hydrogens is 474 g/mol. The first kappa shape index (κ1) is 25.3. The smallest absolute Gasteiger partial charge is 0.300 e.